The van der Waals surface area contributed by atoms with Crippen LogP contribution in [0.25, 0.3) is 0 Å². The molecule has 1 saturated carbocycles. The molecule has 0 heterocycles. The highest BCUT2D eigenvalue weighted by molar-refractivity contribution is 6.17. The van der Waals surface area contributed by atoms with Crippen LogP contribution in [0.3, 0.4) is 0 Å². The molecule has 32 heavy (non-hydrogen) atoms. The molecule has 0 amide bonds. The van der Waals surface area contributed by atoms with Crippen LogP contribution in [0.2, 0.25) is 0 Å². The number of rotatable bonds is 2. The van der Waals surface area contributed by atoms with Gasteiger partial charge in [-0.2, -0.15) is 0 Å². The highest BCUT2D eigenvalue weighted by Crippen LogP contribution is 2.77. The molecule has 4 aromatic carbocycles. The van der Waals surface area contributed by atoms with E-state index >= 15 is 0 Å². The first-order valence-corrected chi connectivity index (χ1v) is 11.1. The summed E-state index contributed by atoms with van der Waals surface area (Å²) in [5.74, 6) is -0.410. The molecule has 4 aromatic rings. The van der Waals surface area contributed by atoms with E-state index in [0.717, 1.165) is 33.4 Å². The molecule has 0 saturated heterocycles. The second-order valence-electron chi connectivity index (χ2n) is 9.16. The van der Waals surface area contributed by atoms with Gasteiger partial charge in [0.2, 0.25) is 0 Å². The molecule has 0 N–H and O–H groups in total. The van der Waals surface area contributed by atoms with E-state index in [4.69, 9.17) is 0 Å². The maximum absolute atomic E-state index is 14.2. The average Bonchev–Trinajstić information content (AvgIpc) is 3.20. The number of ketones is 2. The van der Waals surface area contributed by atoms with Gasteiger partial charge < -0.3 is 0 Å². The minimum absolute atomic E-state index is 0.147. The Morgan fingerprint density at radius 2 is 0.781 bits per heavy atom. The molecule has 0 unspecified atom stereocenters. The van der Waals surface area contributed by atoms with Crippen LogP contribution >= 0.6 is 0 Å². The third kappa shape index (κ3) is 1.73. The highest BCUT2D eigenvalue weighted by Gasteiger charge is 2.82. The topological polar surface area (TPSA) is 34.1 Å². The number of Topliss-reactive ketones (excluding diaryl/α,β-unsaturated/α-hetero) is 2. The van der Waals surface area contributed by atoms with Crippen molar-refractivity contribution in [3.63, 3.8) is 0 Å². The first-order valence-electron chi connectivity index (χ1n) is 11.1. The molecule has 2 nitrogen and oxygen atoms in total. The van der Waals surface area contributed by atoms with E-state index in [1.807, 2.05) is 72.8 Å². The smallest absolute Gasteiger partial charge is 0.168 e. The summed E-state index contributed by atoms with van der Waals surface area (Å²) in [6.45, 7) is 0. The van der Waals surface area contributed by atoms with Crippen molar-refractivity contribution in [2.24, 2.45) is 11.8 Å². The van der Waals surface area contributed by atoms with Gasteiger partial charge >= 0.3 is 0 Å². The lowest BCUT2D eigenvalue weighted by Gasteiger charge is -2.63. The van der Waals surface area contributed by atoms with Gasteiger partial charge in [0.1, 0.15) is 0 Å². The molecular weight excluding hydrogens is 392 g/mol. The largest absolute Gasteiger partial charge is 0.294 e. The predicted octanol–water partition coefficient (Wildman–Crippen LogP) is 5.60. The summed E-state index contributed by atoms with van der Waals surface area (Å²) in [6, 6.07) is 36.3. The average molecular weight is 412 g/mol. The highest BCUT2D eigenvalue weighted by atomic mass is 16.1. The molecule has 7 rings (SSSR count). The van der Waals surface area contributed by atoms with E-state index < -0.39 is 10.8 Å². The molecular formula is C30H20O2. The molecule has 2 heteroatoms. The van der Waals surface area contributed by atoms with Crippen molar-refractivity contribution >= 4 is 11.6 Å². The number of carbonyl (C=O) groups excluding carboxylic acids is 2. The fourth-order valence-electron chi connectivity index (χ4n) is 7.24. The maximum atomic E-state index is 14.2. The minimum Gasteiger partial charge on any atom is -0.294 e. The van der Waals surface area contributed by atoms with Crippen LogP contribution in [-0.4, -0.2) is 11.6 Å². The van der Waals surface area contributed by atoms with E-state index in [1.165, 1.54) is 0 Å². The summed E-state index contributed by atoms with van der Waals surface area (Å²) < 4.78 is 0. The monoisotopic (exact) mass is 412 g/mol. The Kier molecular flexibility index (Phi) is 3.30. The number of benzene rings is 4. The third-order valence-electron chi connectivity index (χ3n) is 8.13. The summed E-state index contributed by atoms with van der Waals surface area (Å²) in [6.07, 6.45) is 0. The zero-order valence-electron chi connectivity index (χ0n) is 17.4. The second-order valence-corrected chi connectivity index (χ2v) is 9.16. The maximum Gasteiger partial charge on any atom is 0.168 e. The number of fused-ring (bicyclic) bond motifs is 8. The molecule has 0 atom stereocenters. The Morgan fingerprint density at radius 3 is 1.19 bits per heavy atom. The van der Waals surface area contributed by atoms with Crippen LogP contribution in [-0.2, 0) is 10.8 Å². The Morgan fingerprint density at radius 1 is 0.438 bits per heavy atom. The second kappa shape index (κ2) is 5.92. The molecule has 3 aliphatic rings. The van der Waals surface area contributed by atoms with Gasteiger partial charge in [-0.05, 0) is 22.3 Å². The standard InChI is InChI=1S/C30H20O2/c31-25-21-15-7-9-17-23(21)29(19-11-3-1-4-12-19)27(25)30(20-13-5-2-6-14-20)24-18-10-8-16-22(24)26(32)28(29)30/h1-18,27-28H. The van der Waals surface area contributed by atoms with E-state index in [2.05, 4.69) is 36.4 Å². The Balaban J connectivity index is 1.64. The van der Waals surface area contributed by atoms with Crippen molar-refractivity contribution in [2.75, 3.05) is 0 Å². The van der Waals surface area contributed by atoms with Crippen molar-refractivity contribution in [1.29, 1.82) is 0 Å². The van der Waals surface area contributed by atoms with E-state index in [1.54, 1.807) is 0 Å². The molecule has 0 aliphatic heterocycles. The first-order chi connectivity index (χ1) is 15.7. The van der Waals surface area contributed by atoms with E-state index in [-0.39, 0.29) is 23.4 Å². The van der Waals surface area contributed by atoms with Gasteiger partial charge in [0.15, 0.2) is 11.6 Å². The lowest BCUT2D eigenvalue weighted by atomic mass is 9.35. The van der Waals surface area contributed by atoms with Crippen molar-refractivity contribution in [1.82, 2.24) is 0 Å². The van der Waals surface area contributed by atoms with Crippen LogP contribution in [0.1, 0.15) is 43.0 Å². The Hall–Kier alpha value is -3.78. The van der Waals surface area contributed by atoms with Crippen LogP contribution in [0.15, 0.2) is 109 Å². The summed E-state index contributed by atoms with van der Waals surface area (Å²) in [5.41, 5.74) is 4.33. The molecule has 152 valence electrons. The van der Waals surface area contributed by atoms with Crippen molar-refractivity contribution in [2.45, 2.75) is 10.8 Å². The molecule has 0 spiro atoms. The number of hydrogen-bond acceptors (Lipinski definition) is 2. The van der Waals surface area contributed by atoms with Crippen LogP contribution in [0, 0.1) is 11.8 Å². The van der Waals surface area contributed by atoms with Gasteiger partial charge in [-0.25, -0.2) is 0 Å². The molecule has 0 radical (unpaired) electrons. The summed E-state index contributed by atoms with van der Waals surface area (Å²) in [4.78, 5) is 28.3. The SMILES string of the molecule is O=C1c2ccccc2C2(c3ccccc3)C1C1(c3ccccc3)c3ccccc3C(=O)C21. The Labute approximate surface area is 186 Å². The van der Waals surface area contributed by atoms with Gasteiger partial charge in [-0.3, -0.25) is 9.59 Å². The van der Waals surface area contributed by atoms with Crippen LogP contribution in [0.5, 0.6) is 0 Å². The molecule has 0 aromatic heterocycles. The normalized spacial score (nSPS) is 29.0. The lowest BCUT2D eigenvalue weighted by molar-refractivity contribution is 0.00470. The number of carbonyl (C=O) groups is 2. The van der Waals surface area contributed by atoms with Crippen LogP contribution in [0.4, 0.5) is 0 Å². The molecule has 0 bridgehead atoms. The third-order valence-corrected chi connectivity index (χ3v) is 8.13. The van der Waals surface area contributed by atoms with Crippen LogP contribution < -0.4 is 0 Å². The van der Waals surface area contributed by atoms with Crippen molar-refractivity contribution in [3.8, 4) is 0 Å². The first kappa shape index (κ1) is 17.9. The summed E-state index contributed by atoms with van der Waals surface area (Å²) in [5, 5.41) is 0. The zero-order chi connectivity index (χ0) is 21.5. The van der Waals surface area contributed by atoms with E-state index in [9.17, 15) is 9.59 Å². The minimum atomic E-state index is -0.652. The summed E-state index contributed by atoms with van der Waals surface area (Å²) >= 11 is 0. The molecule has 1 fully saturated rings. The van der Waals surface area contributed by atoms with Gasteiger partial charge in [0.25, 0.3) is 0 Å². The van der Waals surface area contributed by atoms with E-state index in [0.29, 0.717) is 0 Å². The zero-order valence-corrected chi connectivity index (χ0v) is 17.4. The van der Waals surface area contributed by atoms with Gasteiger partial charge in [-0.15, -0.1) is 0 Å². The van der Waals surface area contributed by atoms with Gasteiger partial charge in [0, 0.05) is 22.0 Å². The lowest BCUT2D eigenvalue weighted by Crippen LogP contribution is -2.70. The number of hydrogen-bond donors (Lipinski definition) is 0. The van der Waals surface area contributed by atoms with Gasteiger partial charge in [0.05, 0.1) is 11.8 Å². The summed E-state index contributed by atoms with van der Waals surface area (Å²) in [7, 11) is 0. The Bertz CT molecular complexity index is 1300. The fourth-order valence-corrected chi connectivity index (χ4v) is 7.24. The van der Waals surface area contributed by atoms with Crippen molar-refractivity contribution < 1.29 is 9.59 Å². The predicted molar refractivity (Wildman–Crippen MR) is 123 cm³/mol. The molecule has 3 aliphatic carbocycles. The quantitative estimate of drug-likeness (QED) is 0.430. The van der Waals surface area contributed by atoms with Crippen molar-refractivity contribution in [3.05, 3.63) is 143 Å². The van der Waals surface area contributed by atoms with Gasteiger partial charge in [-0.1, -0.05) is 109 Å². The fraction of sp³-hybridized carbons (Fsp3) is 0.133.